The zero-order valence-corrected chi connectivity index (χ0v) is 20.9. The van der Waals surface area contributed by atoms with Crippen LogP contribution in [0.3, 0.4) is 0 Å². The van der Waals surface area contributed by atoms with E-state index in [-0.39, 0.29) is 38.4 Å². The van der Waals surface area contributed by atoms with Gasteiger partial charge in [-0.3, -0.25) is 4.79 Å². The fourth-order valence-corrected chi connectivity index (χ4v) is 4.38. The third kappa shape index (κ3) is 7.16. The Morgan fingerprint density at radius 3 is 2.03 bits per heavy atom. The van der Waals surface area contributed by atoms with E-state index in [2.05, 4.69) is 46.8 Å². The van der Waals surface area contributed by atoms with Crippen LogP contribution >= 0.6 is 8.58 Å². The van der Waals surface area contributed by atoms with E-state index in [1.165, 1.54) is 5.56 Å². The zero-order chi connectivity index (χ0) is 21.6. The van der Waals surface area contributed by atoms with Crippen LogP contribution in [0.5, 0.6) is 11.5 Å². The number of carbonyl (C=O) groups is 1. The molecule has 0 N–H and O–H groups in total. The van der Waals surface area contributed by atoms with Gasteiger partial charge in [-0.2, -0.15) is 0 Å². The predicted octanol–water partition coefficient (Wildman–Crippen LogP) is 3.33. The summed E-state index contributed by atoms with van der Waals surface area (Å²) in [5.74, 6) is 1.55. The van der Waals surface area contributed by atoms with Gasteiger partial charge in [0.15, 0.2) is 5.52 Å². The molecular weight excluding hydrogens is 386 g/mol. The van der Waals surface area contributed by atoms with Crippen LogP contribution in [0.4, 0.5) is 0 Å². The summed E-state index contributed by atoms with van der Waals surface area (Å²) >= 11 is 0. The molecule has 0 bridgehead atoms. The second kappa shape index (κ2) is 11.9. The molecule has 0 radical (unpaired) electrons. The Morgan fingerprint density at radius 2 is 1.50 bits per heavy atom. The van der Waals surface area contributed by atoms with Crippen LogP contribution in [-0.2, 0) is 5.41 Å². The van der Waals surface area contributed by atoms with E-state index in [1.54, 1.807) is 0 Å². The van der Waals surface area contributed by atoms with E-state index >= 15 is 0 Å². The van der Waals surface area contributed by atoms with Crippen LogP contribution in [0.2, 0.25) is 0 Å². The quantitative estimate of drug-likeness (QED) is 0.460. The number of hydrogen-bond donors (Lipinski definition) is 0. The molecule has 158 valence electrons. The van der Waals surface area contributed by atoms with Crippen molar-refractivity contribution in [3.63, 3.8) is 0 Å². The molecule has 0 heterocycles. The number of hydrogen-bond acceptors (Lipinski definition) is 3. The summed E-state index contributed by atoms with van der Waals surface area (Å²) in [4.78, 5) is 13.2. The van der Waals surface area contributed by atoms with E-state index in [1.807, 2.05) is 32.0 Å². The summed E-state index contributed by atoms with van der Waals surface area (Å²) in [7, 11) is 0.0212. The van der Waals surface area contributed by atoms with Crippen molar-refractivity contribution in [1.82, 2.24) is 0 Å². The van der Waals surface area contributed by atoms with Crippen LogP contribution in [0.15, 0.2) is 30.3 Å². The normalized spacial score (nSPS) is 11.4. The Morgan fingerprint density at radius 1 is 0.933 bits per heavy atom. The van der Waals surface area contributed by atoms with Crippen molar-refractivity contribution in [3.05, 3.63) is 52.6 Å². The first-order valence-corrected chi connectivity index (χ1v) is 11.5. The molecule has 5 heteroatoms. The average Bonchev–Trinajstić information content (AvgIpc) is 2.64. The predicted molar refractivity (Wildman–Crippen MR) is 125 cm³/mol. The van der Waals surface area contributed by atoms with Gasteiger partial charge in [-0.15, -0.1) is 0 Å². The van der Waals surface area contributed by atoms with E-state index < -0.39 is 0 Å². The molecular formula is C25H35LiO3P+. The maximum absolute atomic E-state index is 13.2. The van der Waals surface area contributed by atoms with Gasteiger partial charge in [0.2, 0.25) is 0 Å². The molecule has 0 saturated carbocycles. The fraction of sp³-hybridized carbons (Fsp3) is 0.480. The van der Waals surface area contributed by atoms with Crippen molar-refractivity contribution in [1.29, 1.82) is 0 Å². The third-order valence-electron chi connectivity index (χ3n) is 4.76. The molecule has 0 spiro atoms. The second-order valence-corrected chi connectivity index (χ2v) is 9.79. The third-order valence-corrected chi connectivity index (χ3v) is 5.92. The molecule has 1 unspecified atom stereocenters. The molecule has 2 aromatic carbocycles. The molecule has 0 saturated heterocycles. The minimum atomic E-state index is 0. The van der Waals surface area contributed by atoms with E-state index in [0.29, 0.717) is 13.2 Å². The van der Waals surface area contributed by atoms with Gasteiger partial charge in [0.25, 0.3) is 0 Å². The minimum Gasteiger partial charge on any atom is -0.493 e. The van der Waals surface area contributed by atoms with Gasteiger partial charge in [0, 0.05) is 16.9 Å². The van der Waals surface area contributed by atoms with Gasteiger partial charge in [-0.1, -0.05) is 46.8 Å². The van der Waals surface area contributed by atoms with E-state index in [9.17, 15) is 4.79 Å². The molecule has 0 aliphatic carbocycles. The molecule has 2 aromatic rings. The Kier molecular flexibility index (Phi) is 10.7. The monoisotopic (exact) mass is 421 g/mol. The van der Waals surface area contributed by atoms with Crippen LogP contribution in [0.1, 0.15) is 74.5 Å². The summed E-state index contributed by atoms with van der Waals surface area (Å²) in [6, 6.07) is 10.1. The molecule has 1 atom stereocenters. The number of rotatable bonds is 9. The number of ether oxygens (including phenoxy) is 2. The first-order chi connectivity index (χ1) is 13.7. The van der Waals surface area contributed by atoms with E-state index in [4.69, 9.17) is 9.47 Å². The van der Waals surface area contributed by atoms with Crippen LogP contribution < -0.4 is 33.6 Å². The molecule has 3 nitrogen and oxygen atoms in total. The Balaban J connectivity index is 0.00000450. The van der Waals surface area contributed by atoms with Gasteiger partial charge >= 0.3 is 18.9 Å². The molecule has 0 aliphatic rings. The molecule has 30 heavy (non-hydrogen) atoms. The smallest absolute Gasteiger partial charge is 0.493 e. The minimum absolute atomic E-state index is 0. The second-order valence-electron chi connectivity index (χ2n) is 8.54. The van der Waals surface area contributed by atoms with Gasteiger partial charge < -0.3 is 9.47 Å². The summed E-state index contributed by atoms with van der Waals surface area (Å²) in [6.07, 6.45) is 1.87. The fourth-order valence-electron chi connectivity index (χ4n) is 3.19. The van der Waals surface area contributed by atoms with Gasteiger partial charge in [0.05, 0.1) is 13.2 Å². The molecule has 0 aliphatic heterocycles. The SMILES string of the molecule is CCCOc1ccc(PC(=O)c2c(C)cc(C(C)(C)C)cc2C)c(OCCC)c1.[Li+]. The van der Waals surface area contributed by atoms with Crippen molar-refractivity contribution >= 4 is 19.4 Å². The summed E-state index contributed by atoms with van der Waals surface area (Å²) in [5.41, 5.74) is 4.41. The van der Waals surface area contributed by atoms with Crippen LogP contribution in [0, 0.1) is 13.8 Å². The summed E-state index contributed by atoms with van der Waals surface area (Å²) in [5, 5.41) is 0.936. The molecule has 0 amide bonds. The molecule has 0 aromatic heterocycles. The van der Waals surface area contributed by atoms with E-state index in [0.717, 1.165) is 46.3 Å². The molecule has 2 rings (SSSR count). The van der Waals surface area contributed by atoms with Crippen molar-refractivity contribution in [2.45, 2.75) is 66.7 Å². The maximum Gasteiger partial charge on any atom is 1.00 e. The summed E-state index contributed by atoms with van der Waals surface area (Å²) < 4.78 is 11.7. The summed E-state index contributed by atoms with van der Waals surface area (Å²) in [6.45, 7) is 16.1. The Bertz CT molecular complexity index is 833. The Labute approximate surface area is 196 Å². The van der Waals surface area contributed by atoms with Crippen LogP contribution in [-0.4, -0.2) is 18.7 Å². The largest absolute Gasteiger partial charge is 1.00 e. The number of aryl methyl sites for hydroxylation is 2. The first kappa shape index (κ1) is 26.8. The first-order valence-electron chi connectivity index (χ1n) is 10.5. The van der Waals surface area contributed by atoms with Crippen molar-refractivity contribution in [2.24, 2.45) is 0 Å². The van der Waals surface area contributed by atoms with Gasteiger partial charge in [-0.25, -0.2) is 0 Å². The van der Waals surface area contributed by atoms with Crippen molar-refractivity contribution in [3.8, 4) is 11.5 Å². The topological polar surface area (TPSA) is 35.5 Å². The number of benzene rings is 2. The standard InChI is InChI=1S/C25H35O3P.Li/c1-8-12-27-20-10-11-22(21(16-20)28-13-9-2)29-24(26)23-17(3)14-19(15-18(23)4)25(5,6)7;/h10-11,14-16,29H,8-9,12-13H2,1-7H3;/q;+1. The maximum atomic E-state index is 13.2. The number of carbonyl (C=O) groups excluding carboxylic acids is 1. The molecule has 0 fully saturated rings. The van der Waals surface area contributed by atoms with Gasteiger partial charge in [-0.05, 0) is 69.5 Å². The average molecular weight is 421 g/mol. The zero-order valence-electron chi connectivity index (χ0n) is 19.9. The van der Waals surface area contributed by atoms with Crippen molar-refractivity contribution in [2.75, 3.05) is 13.2 Å². The Hall–Kier alpha value is -1.26. The van der Waals surface area contributed by atoms with Crippen molar-refractivity contribution < 1.29 is 33.1 Å². The van der Waals surface area contributed by atoms with Gasteiger partial charge in [0.1, 0.15) is 11.5 Å². The van der Waals surface area contributed by atoms with Crippen LogP contribution in [0.25, 0.3) is 0 Å².